The third-order valence-electron chi connectivity index (χ3n) is 3.94. The molecule has 1 aliphatic rings. The van der Waals surface area contributed by atoms with Crippen molar-refractivity contribution >= 4 is 17.3 Å². The smallest absolute Gasteiger partial charge is 0.225 e. The number of nitrogens with zero attached hydrogens (tertiary/aromatic N) is 4. The molecule has 1 heterocycles. The maximum absolute atomic E-state index is 12.0. The molecule has 0 unspecified atom stereocenters. The summed E-state index contributed by atoms with van der Waals surface area (Å²) < 4.78 is 0. The Kier molecular flexibility index (Phi) is 5.81. The van der Waals surface area contributed by atoms with Crippen molar-refractivity contribution in [2.45, 2.75) is 13.8 Å². The van der Waals surface area contributed by atoms with Gasteiger partial charge in [0, 0.05) is 49.7 Å². The summed E-state index contributed by atoms with van der Waals surface area (Å²) in [5.41, 5.74) is 1.95. The van der Waals surface area contributed by atoms with E-state index in [1.54, 1.807) is 12.1 Å². The molecule has 0 saturated carbocycles. The summed E-state index contributed by atoms with van der Waals surface area (Å²) in [7, 11) is 0. The molecule has 2 rings (SSSR count). The van der Waals surface area contributed by atoms with Crippen LogP contribution >= 0.6 is 0 Å². The maximum atomic E-state index is 12.0. The molecule has 0 bridgehead atoms. The van der Waals surface area contributed by atoms with Crippen molar-refractivity contribution in [3.05, 3.63) is 36.0 Å². The number of carbonyl (C=O) groups excluding carboxylic acids is 1. The highest BCUT2D eigenvalue weighted by atomic mass is 16.2. The summed E-state index contributed by atoms with van der Waals surface area (Å²) in [6, 6.07) is 11.4. The van der Waals surface area contributed by atoms with E-state index >= 15 is 0 Å². The van der Waals surface area contributed by atoms with Gasteiger partial charge in [0.1, 0.15) is 17.7 Å². The Morgan fingerprint density at radius 2 is 1.71 bits per heavy atom. The van der Waals surface area contributed by atoms with E-state index in [0.29, 0.717) is 0 Å². The Labute approximate surface area is 142 Å². The highest BCUT2D eigenvalue weighted by Crippen LogP contribution is 2.20. The fourth-order valence-electron chi connectivity index (χ4n) is 2.56. The number of hydrogen-bond acceptors (Lipinski definition) is 5. The number of nitriles is 2. The molecule has 0 spiro atoms. The number of rotatable bonds is 4. The van der Waals surface area contributed by atoms with Gasteiger partial charge in [0.15, 0.2) is 0 Å². The lowest BCUT2D eigenvalue weighted by Gasteiger charge is -2.37. The van der Waals surface area contributed by atoms with Crippen LogP contribution in [-0.4, -0.2) is 37.0 Å². The highest BCUT2D eigenvalue weighted by Gasteiger charge is 2.22. The lowest BCUT2D eigenvalue weighted by molar-refractivity contribution is -0.134. The Morgan fingerprint density at radius 3 is 2.21 bits per heavy atom. The number of amides is 1. The third kappa shape index (κ3) is 4.27. The van der Waals surface area contributed by atoms with Gasteiger partial charge in [0.2, 0.25) is 5.91 Å². The molecule has 0 radical (unpaired) electrons. The van der Waals surface area contributed by atoms with Crippen LogP contribution < -0.4 is 10.2 Å². The summed E-state index contributed by atoms with van der Waals surface area (Å²) in [5.74, 6) is 0.258. The summed E-state index contributed by atoms with van der Waals surface area (Å²) in [5, 5.41) is 20.3. The average Bonchev–Trinajstić information content (AvgIpc) is 2.62. The van der Waals surface area contributed by atoms with Crippen LogP contribution in [0.1, 0.15) is 13.8 Å². The fourth-order valence-corrected chi connectivity index (χ4v) is 2.56. The van der Waals surface area contributed by atoms with Gasteiger partial charge < -0.3 is 15.1 Å². The number of anilines is 2. The van der Waals surface area contributed by atoms with E-state index in [1.807, 2.05) is 43.0 Å². The minimum Gasteiger partial charge on any atom is -0.368 e. The van der Waals surface area contributed by atoms with E-state index in [2.05, 4.69) is 10.2 Å². The molecule has 0 aliphatic carbocycles. The first-order valence-corrected chi connectivity index (χ1v) is 7.96. The standard InChI is InChI=1S/C18H21N5O/c1-14(2)18(24)23-9-7-22(8-10-23)17-5-3-16(4-6-17)21-13-15(11-19)12-20/h3-6,13-14,21H,7-10H2,1-2H3. The molecule has 6 heteroatoms. The van der Waals surface area contributed by atoms with Gasteiger partial charge in [-0.2, -0.15) is 10.5 Å². The molecular weight excluding hydrogens is 302 g/mol. The van der Waals surface area contributed by atoms with Crippen LogP contribution in [0.2, 0.25) is 0 Å². The van der Waals surface area contributed by atoms with Crippen LogP contribution in [0.25, 0.3) is 0 Å². The molecule has 0 atom stereocenters. The summed E-state index contributed by atoms with van der Waals surface area (Å²) >= 11 is 0. The topological polar surface area (TPSA) is 83.2 Å². The van der Waals surface area contributed by atoms with Gasteiger partial charge in [-0.25, -0.2) is 0 Å². The van der Waals surface area contributed by atoms with Crippen molar-refractivity contribution in [3.8, 4) is 12.1 Å². The predicted octanol–water partition coefficient (Wildman–Crippen LogP) is 2.33. The molecule has 0 aromatic heterocycles. The van der Waals surface area contributed by atoms with Crippen LogP contribution in [0.5, 0.6) is 0 Å². The molecular formula is C18H21N5O. The quantitative estimate of drug-likeness (QED) is 0.860. The molecule has 1 aromatic rings. The number of benzene rings is 1. The van der Waals surface area contributed by atoms with Crippen LogP contribution in [-0.2, 0) is 4.79 Å². The van der Waals surface area contributed by atoms with Crippen LogP contribution in [0, 0.1) is 28.6 Å². The van der Waals surface area contributed by atoms with Crippen LogP contribution in [0.4, 0.5) is 11.4 Å². The molecule has 124 valence electrons. The van der Waals surface area contributed by atoms with Crippen molar-refractivity contribution in [2.75, 3.05) is 36.4 Å². The van der Waals surface area contributed by atoms with E-state index in [0.717, 1.165) is 37.6 Å². The van der Waals surface area contributed by atoms with Gasteiger partial charge >= 0.3 is 0 Å². The van der Waals surface area contributed by atoms with Crippen molar-refractivity contribution in [2.24, 2.45) is 5.92 Å². The molecule has 1 fully saturated rings. The van der Waals surface area contributed by atoms with E-state index in [9.17, 15) is 4.79 Å². The average molecular weight is 323 g/mol. The first-order valence-electron chi connectivity index (χ1n) is 7.96. The highest BCUT2D eigenvalue weighted by molar-refractivity contribution is 5.78. The van der Waals surface area contributed by atoms with Crippen LogP contribution in [0.15, 0.2) is 36.0 Å². The zero-order valence-corrected chi connectivity index (χ0v) is 14.0. The largest absolute Gasteiger partial charge is 0.368 e. The first-order chi connectivity index (χ1) is 11.5. The number of piperazine rings is 1. The lowest BCUT2D eigenvalue weighted by Crippen LogP contribution is -2.49. The number of hydrogen-bond donors (Lipinski definition) is 1. The zero-order chi connectivity index (χ0) is 17.5. The zero-order valence-electron chi connectivity index (χ0n) is 14.0. The van der Waals surface area contributed by atoms with Crippen molar-refractivity contribution < 1.29 is 4.79 Å². The Balaban J connectivity index is 1.93. The van der Waals surface area contributed by atoms with Crippen molar-refractivity contribution in [1.29, 1.82) is 10.5 Å². The summed E-state index contributed by atoms with van der Waals surface area (Å²) in [6.45, 7) is 6.98. The Hall–Kier alpha value is -2.99. The number of nitrogens with one attached hydrogen (secondary N) is 1. The minimum absolute atomic E-state index is 0.0324. The minimum atomic E-state index is 0.0324. The van der Waals surface area contributed by atoms with E-state index in [4.69, 9.17) is 10.5 Å². The van der Waals surface area contributed by atoms with Crippen molar-refractivity contribution in [3.63, 3.8) is 0 Å². The van der Waals surface area contributed by atoms with Gasteiger partial charge in [-0.05, 0) is 24.3 Å². The predicted molar refractivity (Wildman–Crippen MR) is 93.0 cm³/mol. The second-order valence-electron chi connectivity index (χ2n) is 5.94. The van der Waals surface area contributed by atoms with E-state index < -0.39 is 0 Å². The monoisotopic (exact) mass is 323 g/mol. The summed E-state index contributed by atoms with van der Waals surface area (Å²) in [6.07, 6.45) is 1.39. The summed E-state index contributed by atoms with van der Waals surface area (Å²) in [4.78, 5) is 16.2. The fraction of sp³-hybridized carbons (Fsp3) is 0.389. The van der Waals surface area contributed by atoms with Gasteiger partial charge in [-0.1, -0.05) is 13.8 Å². The third-order valence-corrected chi connectivity index (χ3v) is 3.94. The molecule has 24 heavy (non-hydrogen) atoms. The molecule has 1 aliphatic heterocycles. The molecule has 1 aromatic carbocycles. The SMILES string of the molecule is CC(C)C(=O)N1CCN(c2ccc(NC=C(C#N)C#N)cc2)CC1. The van der Waals surface area contributed by atoms with Crippen molar-refractivity contribution in [1.82, 2.24) is 4.90 Å². The molecule has 1 amide bonds. The second kappa shape index (κ2) is 8.03. The Bertz CT molecular complexity index is 670. The normalized spacial score (nSPS) is 13.9. The van der Waals surface area contributed by atoms with Gasteiger partial charge in [-0.15, -0.1) is 0 Å². The Morgan fingerprint density at radius 1 is 1.12 bits per heavy atom. The maximum Gasteiger partial charge on any atom is 0.225 e. The number of allylic oxidation sites excluding steroid dienone is 1. The molecule has 6 nitrogen and oxygen atoms in total. The van der Waals surface area contributed by atoms with E-state index in [-0.39, 0.29) is 17.4 Å². The molecule has 1 N–H and O–H groups in total. The van der Waals surface area contributed by atoms with E-state index in [1.165, 1.54) is 6.20 Å². The van der Waals surface area contributed by atoms with Crippen LogP contribution in [0.3, 0.4) is 0 Å². The lowest BCUT2D eigenvalue weighted by atomic mass is 10.1. The van der Waals surface area contributed by atoms with Gasteiger partial charge in [-0.3, -0.25) is 4.79 Å². The first kappa shape index (κ1) is 17.4. The number of carbonyl (C=O) groups is 1. The molecule has 1 saturated heterocycles. The van der Waals surface area contributed by atoms with Gasteiger partial charge in [0.25, 0.3) is 0 Å². The van der Waals surface area contributed by atoms with Gasteiger partial charge in [0.05, 0.1) is 0 Å². The second-order valence-corrected chi connectivity index (χ2v) is 5.94.